The van der Waals surface area contributed by atoms with E-state index in [1.807, 2.05) is 11.8 Å². The molecule has 1 rings (SSSR count). The van der Waals surface area contributed by atoms with Gasteiger partial charge in [0.05, 0.1) is 13.0 Å². The Morgan fingerprint density at radius 1 is 1.41 bits per heavy atom. The zero-order chi connectivity index (χ0) is 12.5. The van der Waals surface area contributed by atoms with Crippen LogP contribution in [0, 0.1) is 0 Å². The van der Waals surface area contributed by atoms with E-state index in [0.717, 1.165) is 32.7 Å². The van der Waals surface area contributed by atoms with E-state index in [1.54, 1.807) is 0 Å². The molecular formula is C13H26N2O2. The molecule has 1 unspecified atom stereocenters. The maximum absolute atomic E-state index is 11.9. The first-order valence-corrected chi connectivity index (χ1v) is 6.86. The van der Waals surface area contributed by atoms with Crippen molar-refractivity contribution in [1.82, 2.24) is 10.2 Å². The van der Waals surface area contributed by atoms with E-state index in [-0.39, 0.29) is 5.91 Å². The van der Waals surface area contributed by atoms with Gasteiger partial charge in [0.25, 0.3) is 0 Å². The van der Waals surface area contributed by atoms with Crippen LogP contribution in [0.5, 0.6) is 0 Å². The van der Waals surface area contributed by atoms with Crippen LogP contribution in [0.4, 0.5) is 0 Å². The predicted molar refractivity (Wildman–Crippen MR) is 69.0 cm³/mol. The highest BCUT2D eigenvalue weighted by Crippen LogP contribution is 2.07. The van der Waals surface area contributed by atoms with Gasteiger partial charge in [-0.05, 0) is 32.7 Å². The highest BCUT2D eigenvalue weighted by molar-refractivity contribution is 5.76. The summed E-state index contributed by atoms with van der Waals surface area (Å²) in [5.41, 5.74) is 0. The summed E-state index contributed by atoms with van der Waals surface area (Å²) in [6, 6.07) is 0.496. The number of likely N-dealkylation sites (N-methyl/N-ethyl adjacent to an activating group) is 1. The molecule has 1 saturated heterocycles. The standard InChI is InChI=1S/C13H26N2O2/c1-3-9-17-10-7-13(16)15(4-2)11-12-6-5-8-14-12/h12,14H,3-11H2,1-2H3. The SMILES string of the molecule is CCCOCCC(=O)N(CC)CC1CCCN1. The summed E-state index contributed by atoms with van der Waals surface area (Å²) in [6.07, 6.45) is 3.95. The topological polar surface area (TPSA) is 41.6 Å². The Hall–Kier alpha value is -0.610. The van der Waals surface area contributed by atoms with Gasteiger partial charge in [0, 0.05) is 25.7 Å². The molecule has 4 nitrogen and oxygen atoms in total. The summed E-state index contributed by atoms with van der Waals surface area (Å²) in [7, 11) is 0. The van der Waals surface area contributed by atoms with Gasteiger partial charge in [-0.25, -0.2) is 0 Å². The van der Waals surface area contributed by atoms with E-state index in [2.05, 4.69) is 12.2 Å². The van der Waals surface area contributed by atoms with E-state index in [9.17, 15) is 4.79 Å². The fourth-order valence-corrected chi connectivity index (χ4v) is 2.15. The number of carbonyl (C=O) groups is 1. The Morgan fingerprint density at radius 2 is 2.24 bits per heavy atom. The van der Waals surface area contributed by atoms with Crippen LogP contribution in [-0.2, 0) is 9.53 Å². The zero-order valence-electron chi connectivity index (χ0n) is 11.2. The smallest absolute Gasteiger partial charge is 0.224 e. The number of nitrogens with one attached hydrogen (secondary N) is 1. The Bertz CT molecular complexity index is 215. The van der Waals surface area contributed by atoms with Gasteiger partial charge in [0.2, 0.25) is 5.91 Å². The van der Waals surface area contributed by atoms with Gasteiger partial charge in [-0.1, -0.05) is 6.92 Å². The summed E-state index contributed by atoms with van der Waals surface area (Å²) in [4.78, 5) is 13.9. The minimum atomic E-state index is 0.220. The number of amides is 1. The molecule has 17 heavy (non-hydrogen) atoms. The molecule has 4 heteroatoms. The van der Waals surface area contributed by atoms with Gasteiger partial charge in [-0.3, -0.25) is 4.79 Å². The van der Waals surface area contributed by atoms with Crippen molar-refractivity contribution in [3.05, 3.63) is 0 Å². The van der Waals surface area contributed by atoms with Crippen LogP contribution in [0.25, 0.3) is 0 Å². The molecule has 1 aliphatic rings. The molecule has 1 fully saturated rings. The molecule has 1 aliphatic heterocycles. The van der Waals surface area contributed by atoms with Crippen molar-refractivity contribution in [2.24, 2.45) is 0 Å². The molecule has 0 bridgehead atoms. The third-order valence-electron chi connectivity index (χ3n) is 3.15. The minimum absolute atomic E-state index is 0.220. The van der Waals surface area contributed by atoms with Crippen molar-refractivity contribution in [1.29, 1.82) is 0 Å². The lowest BCUT2D eigenvalue weighted by molar-refractivity contribution is -0.132. The molecule has 1 amide bonds. The number of nitrogens with zero attached hydrogens (tertiary/aromatic N) is 1. The molecule has 100 valence electrons. The summed E-state index contributed by atoms with van der Waals surface area (Å²) in [5.74, 6) is 0.220. The van der Waals surface area contributed by atoms with Gasteiger partial charge in [0.1, 0.15) is 0 Å². The first kappa shape index (κ1) is 14.5. The lowest BCUT2D eigenvalue weighted by Crippen LogP contribution is -2.41. The highest BCUT2D eigenvalue weighted by Gasteiger charge is 2.19. The minimum Gasteiger partial charge on any atom is -0.381 e. The fraction of sp³-hybridized carbons (Fsp3) is 0.923. The molecule has 0 radical (unpaired) electrons. The van der Waals surface area contributed by atoms with Crippen LogP contribution in [0.2, 0.25) is 0 Å². The van der Waals surface area contributed by atoms with Gasteiger partial charge in [-0.15, -0.1) is 0 Å². The first-order valence-electron chi connectivity index (χ1n) is 6.86. The molecule has 0 saturated carbocycles. The summed E-state index contributed by atoms with van der Waals surface area (Å²) >= 11 is 0. The maximum Gasteiger partial charge on any atom is 0.224 e. The van der Waals surface area contributed by atoms with Crippen molar-refractivity contribution in [3.8, 4) is 0 Å². The Morgan fingerprint density at radius 3 is 2.82 bits per heavy atom. The summed E-state index contributed by atoms with van der Waals surface area (Å²) in [6.45, 7) is 8.17. The van der Waals surface area contributed by atoms with Gasteiger partial charge < -0.3 is 15.0 Å². The van der Waals surface area contributed by atoms with E-state index >= 15 is 0 Å². The van der Waals surface area contributed by atoms with Crippen LogP contribution in [0.15, 0.2) is 0 Å². The second-order valence-corrected chi connectivity index (χ2v) is 4.59. The molecule has 1 N–H and O–H groups in total. The average molecular weight is 242 g/mol. The summed E-state index contributed by atoms with van der Waals surface area (Å²) in [5, 5.41) is 3.43. The Kier molecular flexibility index (Phi) is 7.21. The third-order valence-corrected chi connectivity index (χ3v) is 3.15. The number of hydrogen-bond acceptors (Lipinski definition) is 3. The molecule has 0 aromatic rings. The lowest BCUT2D eigenvalue weighted by Gasteiger charge is -2.24. The fourth-order valence-electron chi connectivity index (χ4n) is 2.15. The molecular weight excluding hydrogens is 216 g/mol. The number of carbonyl (C=O) groups excluding carboxylic acids is 1. The van der Waals surface area contributed by atoms with E-state index in [0.29, 0.717) is 19.1 Å². The van der Waals surface area contributed by atoms with E-state index < -0.39 is 0 Å². The zero-order valence-corrected chi connectivity index (χ0v) is 11.2. The maximum atomic E-state index is 11.9. The van der Waals surface area contributed by atoms with Crippen molar-refractivity contribution >= 4 is 5.91 Å². The Balaban J connectivity index is 2.20. The normalized spacial score (nSPS) is 19.5. The molecule has 0 aromatic carbocycles. The highest BCUT2D eigenvalue weighted by atomic mass is 16.5. The quantitative estimate of drug-likeness (QED) is 0.654. The molecule has 0 aliphatic carbocycles. The second-order valence-electron chi connectivity index (χ2n) is 4.59. The van der Waals surface area contributed by atoms with Crippen LogP contribution in [0.3, 0.4) is 0 Å². The number of ether oxygens (including phenoxy) is 1. The van der Waals surface area contributed by atoms with E-state index in [4.69, 9.17) is 4.74 Å². The van der Waals surface area contributed by atoms with Gasteiger partial charge in [0.15, 0.2) is 0 Å². The van der Waals surface area contributed by atoms with Crippen molar-refractivity contribution in [2.75, 3.05) is 32.8 Å². The molecule has 1 heterocycles. The molecule has 0 spiro atoms. The van der Waals surface area contributed by atoms with Crippen LogP contribution in [0.1, 0.15) is 39.5 Å². The number of rotatable bonds is 8. The first-order chi connectivity index (χ1) is 8.27. The molecule has 0 aromatic heterocycles. The third kappa shape index (κ3) is 5.50. The second kappa shape index (κ2) is 8.48. The molecule has 1 atom stereocenters. The van der Waals surface area contributed by atoms with Crippen LogP contribution >= 0.6 is 0 Å². The van der Waals surface area contributed by atoms with Crippen LogP contribution in [-0.4, -0.2) is 49.7 Å². The van der Waals surface area contributed by atoms with Gasteiger partial charge in [-0.2, -0.15) is 0 Å². The monoisotopic (exact) mass is 242 g/mol. The van der Waals surface area contributed by atoms with E-state index in [1.165, 1.54) is 12.8 Å². The predicted octanol–water partition coefficient (Wildman–Crippen LogP) is 1.40. The number of hydrogen-bond donors (Lipinski definition) is 1. The summed E-state index contributed by atoms with van der Waals surface area (Å²) < 4.78 is 5.35. The lowest BCUT2D eigenvalue weighted by atomic mass is 10.2. The average Bonchev–Trinajstić information content (AvgIpc) is 2.84. The van der Waals surface area contributed by atoms with Crippen molar-refractivity contribution in [2.45, 2.75) is 45.6 Å². The van der Waals surface area contributed by atoms with Crippen molar-refractivity contribution in [3.63, 3.8) is 0 Å². The Labute approximate surface area is 105 Å². The van der Waals surface area contributed by atoms with Crippen LogP contribution < -0.4 is 5.32 Å². The van der Waals surface area contributed by atoms with Crippen molar-refractivity contribution < 1.29 is 9.53 Å². The largest absolute Gasteiger partial charge is 0.381 e. The van der Waals surface area contributed by atoms with Gasteiger partial charge >= 0.3 is 0 Å².